The van der Waals surface area contributed by atoms with Crippen LogP contribution in [0.3, 0.4) is 0 Å². The Morgan fingerprint density at radius 3 is 1.73 bits per heavy atom. The van der Waals surface area contributed by atoms with E-state index in [4.69, 9.17) is 5.73 Å². The van der Waals surface area contributed by atoms with E-state index < -0.39 is 0 Å². The molecular formula is C22H50N4. The third-order valence-electron chi connectivity index (χ3n) is 5.76. The topological polar surface area (TPSA) is 53.3 Å². The maximum atomic E-state index is 6.14. The second kappa shape index (κ2) is 18.2. The Hall–Kier alpha value is -0.160. The third-order valence-corrected chi connectivity index (χ3v) is 5.76. The summed E-state index contributed by atoms with van der Waals surface area (Å²) in [4.78, 5) is 2.80. The number of unbranched alkanes of at least 4 members (excludes halogenated alkanes) is 6. The quantitative estimate of drug-likeness (QED) is 0.282. The molecule has 4 nitrogen and oxygen atoms in total. The average Bonchev–Trinajstić information content (AvgIpc) is 2.65. The Kier molecular flexibility index (Phi) is 18.1. The van der Waals surface area contributed by atoms with Crippen LogP contribution in [0.15, 0.2) is 0 Å². The summed E-state index contributed by atoms with van der Waals surface area (Å²) < 4.78 is 0. The molecule has 0 unspecified atom stereocenters. The molecule has 0 heterocycles. The van der Waals surface area contributed by atoms with Crippen LogP contribution in [0.25, 0.3) is 0 Å². The first kappa shape index (κ1) is 25.8. The lowest BCUT2D eigenvalue weighted by Crippen LogP contribution is -2.52. The van der Waals surface area contributed by atoms with Crippen LogP contribution < -0.4 is 16.4 Å². The van der Waals surface area contributed by atoms with Crippen LogP contribution in [0, 0.1) is 0 Å². The van der Waals surface area contributed by atoms with E-state index in [0.717, 1.165) is 32.6 Å². The largest absolute Gasteiger partial charge is 0.330 e. The van der Waals surface area contributed by atoms with Crippen LogP contribution >= 0.6 is 0 Å². The number of hydrogen-bond acceptors (Lipinski definition) is 4. The summed E-state index contributed by atoms with van der Waals surface area (Å²) in [5.41, 5.74) is 6.45. The predicted octanol–water partition coefficient (Wildman–Crippen LogP) is 4.15. The molecule has 0 saturated heterocycles. The molecule has 0 bridgehead atoms. The molecule has 0 aliphatic carbocycles. The Bertz CT molecular complexity index is 271. The van der Waals surface area contributed by atoms with Crippen LogP contribution in [0.4, 0.5) is 0 Å². The van der Waals surface area contributed by atoms with Crippen molar-refractivity contribution in [2.24, 2.45) is 5.73 Å². The Morgan fingerprint density at radius 2 is 1.27 bits per heavy atom. The van der Waals surface area contributed by atoms with Crippen LogP contribution in [-0.2, 0) is 0 Å². The van der Waals surface area contributed by atoms with Crippen molar-refractivity contribution in [1.82, 2.24) is 15.5 Å². The van der Waals surface area contributed by atoms with E-state index in [1.54, 1.807) is 0 Å². The van der Waals surface area contributed by atoms with Crippen molar-refractivity contribution in [1.29, 1.82) is 0 Å². The molecule has 0 saturated carbocycles. The monoisotopic (exact) mass is 370 g/mol. The van der Waals surface area contributed by atoms with Crippen molar-refractivity contribution in [2.45, 2.75) is 96.4 Å². The SMILES string of the molecule is CCCCCCC(CCN)(CCCCCC)N(CCCNC)CCNC. The summed E-state index contributed by atoms with van der Waals surface area (Å²) >= 11 is 0. The molecule has 0 aliphatic rings. The minimum Gasteiger partial charge on any atom is -0.330 e. The lowest BCUT2D eigenvalue weighted by atomic mass is 9.81. The number of hydrogen-bond donors (Lipinski definition) is 3. The molecule has 0 radical (unpaired) electrons. The molecule has 0 fully saturated rings. The van der Waals surface area contributed by atoms with Crippen molar-refractivity contribution in [3.8, 4) is 0 Å². The van der Waals surface area contributed by atoms with Crippen molar-refractivity contribution in [2.75, 3.05) is 46.8 Å². The van der Waals surface area contributed by atoms with Crippen LogP contribution in [0.1, 0.15) is 90.9 Å². The normalized spacial score (nSPS) is 12.2. The summed E-state index contributed by atoms with van der Waals surface area (Å²) in [5, 5.41) is 6.68. The molecule has 26 heavy (non-hydrogen) atoms. The third kappa shape index (κ3) is 11.5. The van der Waals surface area contributed by atoms with E-state index in [1.807, 2.05) is 0 Å². The molecule has 0 aromatic heterocycles. The van der Waals surface area contributed by atoms with E-state index in [9.17, 15) is 0 Å². The van der Waals surface area contributed by atoms with Gasteiger partial charge in [0.25, 0.3) is 0 Å². The maximum Gasteiger partial charge on any atom is 0.0222 e. The lowest BCUT2D eigenvalue weighted by molar-refractivity contribution is 0.0571. The first-order valence-electron chi connectivity index (χ1n) is 11.4. The fraction of sp³-hybridized carbons (Fsp3) is 1.00. The van der Waals surface area contributed by atoms with Gasteiger partial charge in [-0.05, 0) is 59.4 Å². The summed E-state index contributed by atoms with van der Waals surface area (Å²) in [5.74, 6) is 0. The second-order valence-electron chi connectivity index (χ2n) is 7.93. The molecule has 0 rings (SSSR count). The van der Waals surface area contributed by atoms with Gasteiger partial charge in [-0.2, -0.15) is 0 Å². The fourth-order valence-corrected chi connectivity index (χ4v) is 4.16. The number of nitrogens with two attached hydrogens (primary N) is 1. The highest BCUT2D eigenvalue weighted by Crippen LogP contribution is 2.33. The minimum absolute atomic E-state index is 0.306. The number of nitrogens with one attached hydrogen (secondary N) is 2. The maximum absolute atomic E-state index is 6.14. The first-order chi connectivity index (χ1) is 12.7. The van der Waals surface area contributed by atoms with E-state index >= 15 is 0 Å². The van der Waals surface area contributed by atoms with Gasteiger partial charge in [-0.25, -0.2) is 0 Å². The molecule has 0 spiro atoms. The number of rotatable bonds is 20. The van der Waals surface area contributed by atoms with Gasteiger partial charge in [-0.1, -0.05) is 65.2 Å². The van der Waals surface area contributed by atoms with Crippen molar-refractivity contribution >= 4 is 0 Å². The van der Waals surface area contributed by atoms with Gasteiger partial charge in [0.1, 0.15) is 0 Å². The van der Waals surface area contributed by atoms with Gasteiger partial charge >= 0.3 is 0 Å². The van der Waals surface area contributed by atoms with Crippen molar-refractivity contribution < 1.29 is 0 Å². The zero-order chi connectivity index (χ0) is 19.5. The van der Waals surface area contributed by atoms with Gasteiger partial charge in [0.05, 0.1) is 0 Å². The van der Waals surface area contributed by atoms with Gasteiger partial charge in [0, 0.05) is 18.6 Å². The van der Waals surface area contributed by atoms with Crippen LogP contribution in [0.5, 0.6) is 0 Å². The number of likely N-dealkylation sites (N-methyl/N-ethyl adjacent to an activating group) is 1. The zero-order valence-electron chi connectivity index (χ0n) is 18.5. The summed E-state index contributed by atoms with van der Waals surface area (Å²) in [7, 11) is 4.12. The molecule has 0 atom stereocenters. The Balaban J connectivity index is 5.13. The zero-order valence-corrected chi connectivity index (χ0v) is 18.5. The molecule has 4 N–H and O–H groups in total. The summed E-state index contributed by atoms with van der Waals surface area (Å²) in [6, 6.07) is 0. The van der Waals surface area contributed by atoms with E-state index in [0.29, 0.717) is 5.54 Å². The second-order valence-corrected chi connectivity index (χ2v) is 7.93. The van der Waals surface area contributed by atoms with E-state index in [-0.39, 0.29) is 0 Å². The van der Waals surface area contributed by atoms with Gasteiger partial charge in [0.2, 0.25) is 0 Å². The predicted molar refractivity (Wildman–Crippen MR) is 118 cm³/mol. The highest BCUT2D eigenvalue weighted by molar-refractivity contribution is 4.91. The van der Waals surface area contributed by atoms with Crippen LogP contribution in [0.2, 0.25) is 0 Å². The smallest absolute Gasteiger partial charge is 0.0222 e. The van der Waals surface area contributed by atoms with E-state index in [1.165, 1.54) is 77.2 Å². The van der Waals surface area contributed by atoms with Gasteiger partial charge in [-0.3, -0.25) is 4.90 Å². The minimum atomic E-state index is 0.306. The molecule has 158 valence electrons. The summed E-state index contributed by atoms with van der Waals surface area (Å²) in [6.07, 6.45) is 15.8. The van der Waals surface area contributed by atoms with Crippen LogP contribution in [-0.4, -0.2) is 57.3 Å². The lowest BCUT2D eigenvalue weighted by Gasteiger charge is -2.45. The average molecular weight is 371 g/mol. The molecule has 0 aromatic carbocycles. The van der Waals surface area contributed by atoms with Gasteiger partial charge < -0.3 is 16.4 Å². The molecule has 0 amide bonds. The Morgan fingerprint density at radius 1 is 0.692 bits per heavy atom. The number of nitrogens with zero attached hydrogens (tertiary/aromatic N) is 1. The molecular weight excluding hydrogens is 320 g/mol. The molecule has 4 heteroatoms. The Labute approximate surface area is 165 Å². The fourth-order valence-electron chi connectivity index (χ4n) is 4.16. The van der Waals surface area contributed by atoms with Gasteiger partial charge in [-0.15, -0.1) is 0 Å². The van der Waals surface area contributed by atoms with Crippen molar-refractivity contribution in [3.05, 3.63) is 0 Å². The van der Waals surface area contributed by atoms with Crippen molar-refractivity contribution in [3.63, 3.8) is 0 Å². The molecule has 0 aromatic rings. The first-order valence-corrected chi connectivity index (χ1v) is 11.4. The van der Waals surface area contributed by atoms with Gasteiger partial charge in [0.15, 0.2) is 0 Å². The summed E-state index contributed by atoms with van der Waals surface area (Å²) in [6.45, 7) is 9.90. The highest BCUT2D eigenvalue weighted by atomic mass is 15.2. The molecule has 0 aliphatic heterocycles. The van der Waals surface area contributed by atoms with E-state index in [2.05, 4.69) is 43.5 Å². The highest BCUT2D eigenvalue weighted by Gasteiger charge is 2.34. The standard InChI is InChI=1S/C22H50N4/c1-5-7-9-11-14-22(16-17-23,15-12-10-8-6-2)26(21-19-25-4)20-13-18-24-3/h24-25H,5-21,23H2,1-4H3.